The number of sulfone groups is 1. The highest BCUT2D eigenvalue weighted by molar-refractivity contribution is 7.91. The van der Waals surface area contributed by atoms with Crippen molar-refractivity contribution < 1.29 is 21.9 Å². The number of nitrogens with two attached hydrogens (primary N) is 1. The summed E-state index contributed by atoms with van der Waals surface area (Å²) in [6.45, 7) is 2.64. The Morgan fingerprint density at radius 2 is 1.86 bits per heavy atom. The molecule has 3 aromatic heterocycles. The minimum Gasteiger partial charge on any atom is -0.381 e. The predicted octanol–water partition coefficient (Wildman–Crippen LogP) is 4.49. The number of rotatable bonds is 6. The summed E-state index contributed by atoms with van der Waals surface area (Å²) < 4.78 is 62.8. The molecule has 1 saturated heterocycles. The second kappa shape index (κ2) is 11.6. The highest BCUT2D eigenvalue weighted by Crippen LogP contribution is 2.40. The first-order chi connectivity index (χ1) is 21.0. The smallest absolute Gasteiger partial charge is 0.152 e. The number of aromatic nitrogens is 4. The van der Waals surface area contributed by atoms with Crippen molar-refractivity contribution >= 4 is 15.4 Å². The van der Waals surface area contributed by atoms with Crippen LogP contribution in [-0.2, 0) is 26.4 Å². The number of nitriles is 1. The maximum atomic E-state index is 15.6. The van der Waals surface area contributed by atoms with Gasteiger partial charge in [-0.05, 0) is 84.5 Å². The van der Waals surface area contributed by atoms with E-state index in [2.05, 4.69) is 21.1 Å². The Balaban J connectivity index is 1.32. The zero-order chi connectivity index (χ0) is 31.2. The van der Waals surface area contributed by atoms with E-state index in [1.807, 2.05) is 13.0 Å². The van der Waals surface area contributed by atoms with Gasteiger partial charge in [-0.3, -0.25) is 4.98 Å². The van der Waals surface area contributed by atoms with Crippen LogP contribution in [0.5, 0.6) is 0 Å². The van der Waals surface area contributed by atoms with Crippen LogP contribution in [0.2, 0.25) is 0 Å². The standard InChI is InChI=1S/C32H34F2N6O3S/c1-19-11-20(12-27(36)31(19)44(2,41)42)24-5-8-37-16-21(24)13-29-38-17-23-3-4-28(39-40(23)29)30-25(33)14-22(15-26(30)34)32(18-35)6-9-43-10-7-32/h3-5,8,14-17,19-20,27,31H,6-7,9-13,36H2,1-2H3/t19-,20+,27+,31-/m0/s1. The van der Waals surface area contributed by atoms with Crippen molar-refractivity contribution in [2.24, 2.45) is 11.7 Å². The molecule has 9 nitrogen and oxygen atoms in total. The van der Waals surface area contributed by atoms with E-state index in [0.717, 1.165) is 11.1 Å². The van der Waals surface area contributed by atoms with Crippen molar-refractivity contribution in [2.75, 3.05) is 19.5 Å². The molecule has 6 rings (SSSR count). The number of nitrogens with zero attached hydrogens (tertiary/aromatic N) is 5. The highest BCUT2D eigenvalue weighted by Gasteiger charge is 2.40. The third kappa shape index (κ3) is 5.49. The van der Waals surface area contributed by atoms with E-state index in [1.165, 1.54) is 18.4 Å². The molecule has 0 amide bonds. The topological polar surface area (TPSA) is 136 Å². The largest absolute Gasteiger partial charge is 0.381 e. The van der Waals surface area contributed by atoms with Gasteiger partial charge in [-0.15, -0.1) is 0 Å². The highest BCUT2D eigenvalue weighted by atomic mass is 32.2. The summed E-state index contributed by atoms with van der Waals surface area (Å²) in [5.74, 6) is -1.10. The lowest BCUT2D eigenvalue weighted by Crippen LogP contribution is -2.48. The van der Waals surface area contributed by atoms with Crippen molar-refractivity contribution in [1.29, 1.82) is 5.26 Å². The minimum atomic E-state index is -3.28. The fraction of sp³-hybridized carbons (Fsp3) is 0.438. The molecule has 0 spiro atoms. The molecular formula is C32H34F2N6O3S. The summed E-state index contributed by atoms with van der Waals surface area (Å²) in [7, 11) is -3.28. The van der Waals surface area contributed by atoms with E-state index in [1.54, 1.807) is 35.2 Å². The van der Waals surface area contributed by atoms with Crippen molar-refractivity contribution in [3.05, 3.63) is 83.1 Å². The van der Waals surface area contributed by atoms with Crippen molar-refractivity contribution in [3.63, 3.8) is 0 Å². The average Bonchev–Trinajstić information content (AvgIpc) is 3.38. The zero-order valence-electron chi connectivity index (χ0n) is 24.6. The van der Waals surface area contributed by atoms with Gasteiger partial charge in [-0.2, -0.15) is 10.4 Å². The molecule has 230 valence electrons. The molecule has 1 saturated carbocycles. The molecule has 2 fully saturated rings. The summed E-state index contributed by atoms with van der Waals surface area (Å²) >= 11 is 0. The van der Waals surface area contributed by atoms with Crippen molar-refractivity contribution in [3.8, 4) is 17.3 Å². The molecule has 0 radical (unpaired) electrons. The molecule has 4 atom stereocenters. The Morgan fingerprint density at radius 1 is 1.14 bits per heavy atom. The van der Waals surface area contributed by atoms with Gasteiger partial charge in [0.1, 0.15) is 17.5 Å². The number of imidazole rings is 1. The van der Waals surface area contributed by atoms with Crippen LogP contribution >= 0.6 is 0 Å². The van der Waals surface area contributed by atoms with Crippen LogP contribution in [0.4, 0.5) is 8.78 Å². The first kappa shape index (κ1) is 30.2. The van der Waals surface area contributed by atoms with E-state index < -0.39 is 38.2 Å². The van der Waals surface area contributed by atoms with E-state index in [-0.39, 0.29) is 23.1 Å². The van der Waals surface area contributed by atoms with Crippen LogP contribution in [-0.4, -0.2) is 58.8 Å². The van der Waals surface area contributed by atoms with E-state index in [4.69, 9.17) is 10.5 Å². The predicted molar refractivity (Wildman–Crippen MR) is 160 cm³/mol. The van der Waals surface area contributed by atoms with Gasteiger partial charge in [0.05, 0.1) is 39.7 Å². The molecule has 2 aliphatic rings. The quantitative estimate of drug-likeness (QED) is 0.333. The van der Waals surface area contributed by atoms with Gasteiger partial charge in [-0.25, -0.2) is 26.7 Å². The Bertz CT molecular complexity index is 1830. The van der Waals surface area contributed by atoms with Crippen LogP contribution < -0.4 is 5.73 Å². The molecule has 1 aliphatic carbocycles. The molecule has 1 aromatic carbocycles. The first-order valence-corrected chi connectivity index (χ1v) is 16.7. The van der Waals surface area contributed by atoms with Gasteiger partial charge in [0.25, 0.3) is 0 Å². The lowest BCUT2D eigenvalue weighted by molar-refractivity contribution is 0.0674. The SMILES string of the molecule is C[C@H]1C[C@@H](c2ccncc2Cc2ncc3ccc(-c4c(F)cc(C5(C#N)CCOCC5)cc4F)nn23)C[C@@H](N)[C@H]1S(C)(=O)=O. The van der Waals surface area contributed by atoms with Gasteiger partial charge >= 0.3 is 0 Å². The van der Waals surface area contributed by atoms with E-state index in [9.17, 15) is 13.7 Å². The Kier molecular flexibility index (Phi) is 7.98. The third-order valence-corrected chi connectivity index (χ3v) is 11.1. The maximum Gasteiger partial charge on any atom is 0.152 e. The molecule has 44 heavy (non-hydrogen) atoms. The van der Waals surface area contributed by atoms with Gasteiger partial charge in [0.15, 0.2) is 9.84 Å². The Labute approximate surface area is 255 Å². The molecule has 4 heterocycles. The summed E-state index contributed by atoms with van der Waals surface area (Å²) in [6.07, 6.45) is 8.64. The van der Waals surface area contributed by atoms with Crippen molar-refractivity contribution in [1.82, 2.24) is 19.6 Å². The Morgan fingerprint density at radius 3 is 2.52 bits per heavy atom. The Hall–Kier alpha value is -3.79. The molecule has 0 bridgehead atoms. The van der Waals surface area contributed by atoms with Gasteiger partial charge in [0, 0.05) is 44.3 Å². The second-order valence-corrected chi connectivity index (χ2v) is 14.4. The number of ether oxygens (including phenoxy) is 1. The fourth-order valence-electron chi connectivity index (χ4n) is 7.18. The van der Waals surface area contributed by atoms with Crippen LogP contribution in [0.15, 0.2) is 48.9 Å². The third-order valence-electron chi connectivity index (χ3n) is 9.29. The normalized spacial score (nSPS) is 23.8. The van der Waals surface area contributed by atoms with Gasteiger partial charge in [-0.1, -0.05) is 6.92 Å². The fourth-order valence-corrected chi connectivity index (χ4v) is 8.88. The van der Waals surface area contributed by atoms with Crippen LogP contribution in [0.1, 0.15) is 61.0 Å². The first-order valence-electron chi connectivity index (χ1n) is 14.7. The molecular weight excluding hydrogens is 586 g/mol. The molecule has 4 aromatic rings. The number of pyridine rings is 1. The van der Waals surface area contributed by atoms with E-state index >= 15 is 8.78 Å². The lowest BCUT2D eigenvalue weighted by Gasteiger charge is -2.38. The second-order valence-electron chi connectivity index (χ2n) is 12.2. The zero-order valence-corrected chi connectivity index (χ0v) is 25.4. The van der Waals surface area contributed by atoms with Gasteiger partial charge < -0.3 is 10.5 Å². The summed E-state index contributed by atoms with van der Waals surface area (Å²) in [6, 6.07) is 9.44. The molecule has 1 aliphatic heterocycles. The molecule has 12 heteroatoms. The number of halogens is 2. The number of benzene rings is 1. The number of hydrogen-bond acceptors (Lipinski definition) is 8. The summed E-state index contributed by atoms with van der Waals surface area (Å²) in [5.41, 5.74) is 8.10. The van der Waals surface area contributed by atoms with Crippen LogP contribution in [0.25, 0.3) is 16.8 Å². The minimum absolute atomic E-state index is 0.0416. The number of fused-ring (bicyclic) bond motifs is 1. The number of hydrogen-bond donors (Lipinski definition) is 1. The summed E-state index contributed by atoms with van der Waals surface area (Å²) in [5, 5.41) is 13.9. The van der Waals surface area contributed by atoms with Crippen LogP contribution in [0, 0.1) is 28.9 Å². The lowest BCUT2D eigenvalue weighted by atomic mass is 9.75. The molecule has 2 N–H and O–H groups in total. The van der Waals surface area contributed by atoms with E-state index in [0.29, 0.717) is 62.2 Å². The van der Waals surface area contributed by atoms with Crippen LogP contribution in [0.3, 0.4) is 0 Å². The monoisotopic (exact) mass is 620 g/mol. The average molecular weight is 621 g/mol. The van der Waals surface area contributed by atoms with Gasteiger partial charge in [0.2, 0.25) is 0 Å². The molecule has 0 unspecified atom stereocenters. The maximum absolute atomic E-state index is 15.6. The van der Waals surface area contributed by atoms with Crippen molar-refractivity contribution in [2.45, 2.75) is 61.7 Å². The summed E-state index contributed by atoms with van der Waals surface area (Å²) in [4.78, 5) is 8.89.